The van der Waals surface area contributed by atoms with Crippen molar-refractivity contribution in [3.8, 4) is 11.5 Å². The van der Waals surface area contributed by atoms with Crippen LogP contribution in [-0.4, -0.2) is 34.0 Å². The van der Waals surface area contributed by atoms with Crippen LogP contribution in [0.4, 0.5) is 0 Å². The maximum atomic E-state index is 5.74. The van der Waals surface area contributed by atoms with Crippen LogP contribution in [0.3, 0.4) is 0 Å². The molecule has 1 N–H and O–H groups in total. The van der Waals surface area contributed by atoms with E-state index in [0.29, 0.717) is 5.92 Å². The van der Waals surface area contributed by atoms with Gasteiger partial charge in [0.15, 0.2) is 0 Å². The topological polar surface area (TPSA) is 39.7 Å². The number of benzene rings is 1. The minimum atomic E-state index is 0.0672. The van der Waals surface area contributed by atoms with E-state index < -0.39 is 0 Å². The maximum Gasteiger partial charge on any atom is 0.124 e. The van der Waals surface area contributed by atoms with Crippen molar-refractivity contribution < 1.29 is 14.2 Å². The standard InChI is InChI=1S/C17H29NO3/c1-7-10-18-16(17(21-6)12(2)3)14-11-13(19-4)8-9-15(14)20-5/h8-9,11-12,16-18H,7,10H2,1-6H3. The number of rotatable bonds is 9. The Hall–Kier alpha value is -1.26. The lowest BCUT2D eigenvalue weighted by Crippen LogP contribution is -2.37. The second-order valence-corrected chi connectivity index (χ2v) is 5.48. The van der Waals surface area contributed by atoms with Crippen molar-refractivity contribution in [2.45, 2.75) is 39.3 Å². The highest BCUT2D eigenvalue weighted by molar-refractivity contribution is 5.42. The van der Waals surface area contributed by atoms with Crippen molar-refractivity contribution in [3.63, 3.8) is 0 Å². The smallest absolute Gasteiger partial charge is 0.124 e. The van der Waals surface area contributed by atoms with E-state index in [0.717, 1.165) is 30.0 Å². The number of ether oxygens (including phenoxy) is 3. The Morgan fingerprint density at radius 3 is 2.29 bits per heavy atom. The zero-order chi connectivity index (χ0) is 15.8. The van der Waals surface area contributed by atoms with Crippen molar-refractivity contribution in [2.75, 3.05) is 27.9 Å². The third-order valence-corrected chi connectivity index (χ3v) is 3.64. The summed E-state index contributed by atoms with van der Waals surface area (Å²) < 4.78 is 16.6. The Morgan fingerprint density at radius 2 is 1.81 bits per heavy atom. The molecule has 0 radical (unpaired) electrons. The van der Waals surface area contributed by atoms with Gasteiger partial charge in [0.25, 0.3) is 0 Å². The average Bonchev–Trinajstić information content (AvgIpc) is 2.50. The average molecular weight is 295 g/mol. The zero-order valence-electron chi connectivity index (χ0n) is 14.1. The number of hydrogen-bond acceptors (Lipinski definition) is 4. The van der Waals surface area contributed by atoms with Crippen molar-refractivity contribution >= 4 is 0 Å². The van der Waals surface area contributed by atoms with Crippen LogP contribution in [0.15, 0.2) is 18.2 Å². The van der Waals surface area contributed by atoms with Gasteiger partial charge in [0.2, 0.25) is 0 Å². The fourth-order valence-corrected chi connectivity index (χ4v) is 2.58. The molecule has 120 valence electrons. The molecule has 4 heteroatoms. The van der Waals surface area contributed by atoms with Crippen molar-refractivity contribution in [1.82, 2.24) is 5.32 Å². The minimum Gasteiger partial charge on any atom is -0.497 e. The Kier molecular flexibility index (Phi) is 7.54. The van der Waals surface area contributed by atoms with Gasteiger partial charge in [0.1, 0.15) is 11.5 Å². The van der Waals surface area contributed by atoms with Crippen LogP contribution in [0.1, 0.15) is 38.8 Å². The van der Waals surface area contributed by atoms with Gasteiger partial charge in [-0.3, -0.25) is 0 Å². The molecule has 0 aliphatic heterocycles. The number of nitrogens with one attached hydrogen (secondary N) is 1. The number of methoxy groups -OCH3 is 3. The summed E-state index contributed by atoms with van der Waals surface area (Å²) >= 11 is 0. The Morgan fingerprint density at radius 1 is 1.10 bits per heavy atom. The van der Waals surface area contributed by atoms with E-state index >= 15 is 0 Å². The molecule has 1 aromatic carbocycles. The van der Waals surface area contributed by atoms with Gasteiger partial charge in [0.05, 0.1) is 26.4 Å². The van der Waals surface area contributed by atoms with Crippen LogP contribution < -0.4 is 14.8 Å². The molecule has 0 bridgehead atoms. The Balaban J connectivity index is 3.22. The van der Waals surface area contributed by atoms with E-state index in [-0.39, 0.29) is 12.1 Å². The van der Waals surface area contributed by atoms with Crippen LogP contribution in [0.5, 0.6) is 11.5 Å². The predicted octanol–water partition coefficient (Wildman–Crippen LogP) is 3.42. The second kappa shape index (κ2) is 8.90. The molecule has 0 heterocycles. The van der Waals surface area contributed by atoms with Crippen molar-refractivity contribution in [1.29, 1.82) is 0 Å². The summed E-state index contributed by atoms with van der Waals surface area (Å²) in [5, 5.41) is 3.58. The summed E-state index contributed by atoms with van der Waals surface area (Å²) in [5.41, 5.74) is 1.07. The first-order valence-corrected chi connectivity index (χ1v) is 7.57. The summed E-state index contributed by atoms with van der Waals surface area (Å²) in [5.74, 6) is 2.07. The highest BCUT2D eigenvalue weighted by atomic mass is 16.5. The quantitative estimate of drug-likeness (QED) is 0.758. The van der Waals surface area contributed by atoms with E-state index in [4.69, 9.17) is 14.2 Å². The van der Waals surface area contributed by atoms with Crippen molar-refractivity contribution in [3.05, 3.63) is 23.8 Å². The third-order valence-electron chi connectivity index (χ3n) is 3.64. The lowest BCUT2D eigenvalue weighted by molar-refractivity contribution is 0.0319. The summed E-state index contributed by atoms with van der Waals surface area (Å²) in [6.07, 6.45) is 1.13. The molecular weight excluding hydrogens is 266 g/mol. The molecule has 1 rings (SSSR count). The number of hydrogen-bond donors (Lipinski definition) is 1. The van der Waals surface area contributed by atoms with Crippen LogP contribution >= 0.6 is 0 Å². The Labute approximate surface area is 128 Å². The molecule has 0 spiro atoms. The first kappa shape index (κ1) is 17.8. The van der Waals surface area contributed by atoms with Crippen molar-refractivity contribution in [2.24, 2.45) is 5.92 Å². The molecule has 4 nitrogen and oxygen atoms in total. The van der Waals surface area contributed by atoms with Gasteiger partial charge in [-0.25, -0.2) is 0 Å². The molecular formula is C17H29NO3. The molecule has 0 amide bonds. The van der Waals surface area contributed by atoms with Crippen LogP contribution in [0.2, 0.25) is 0 Å². The summed E-state index contributed by atoms with van der Waals surface area (Å²) in [6, 6.07) is 5.96. The molecule has 0 aliphatic rings. The molecule has 0 saturated carbocycles. The van der Waals surface area contributed by atoms with Gasteiger partial charge in [-0.05, 0) is 37.1 Å². The summed E-state index contributed by atoms with van der Waals surface area (Å²) in [4.78, 5) is 0. The van der Waals surface area contributed by atoms with Gasteiger partial charge in [0, 0.05) is 12.7 Å². The molecule has 2 unspecified atom stereocenters. The maximum absolute atomic E-state index is 5.74. The lowest BCUT2D eigenvalue weighted by atomic mass is 9.92. The predicted molar refractivity (Wildman–Crippen MR) is 86.2 cm³/mol. The monoisotopic (exact) mass is 295 g/mol. The largest absolute Gasteiger partial charge is 0.497 e. The van der Waals surface area contributed by atoms with E-state index in [2.05, 4.69) is 26.1 Å². The van der Waals surface area contributed by atoms with E-state index in [1.807, 2.05) is 18.2 Å². The van der Waals surface area contributed by atoms with E-state index in [1.165, 1.54) is 0 Å². The summed E-state index contributed by atoms with van der Waals surface area (Å²) in [6.45, 7) is 7.42. The van der Waals surface area contributed by atoms with Gasteiger partial charge >= 0.3 is 0 Å². The Bertz CT molecular complexity index is 420. The SMILES string of the molecule is CCCNC(c1cc(OC)ccc1OC)C(OC)C(C)C. The van der Waals surface area contributed by atoms with Gasteiger partial charge in [-0.15, -0.1) is 0 Å². The highest BCUT2D eigenvalue weighted by Crippen LogP contribution is 2.34. The molecule has 0 fully saturated rings. The molecule has 0 saturated heterocycles. The van der Waals surface area contributed by atoms with E-state index in [9.17, 15) is 0 Å². The second-order valence-electron chi connectivity index (χ2n) is 5.48. The van der Waals surface area contributed by atoms with Crippen LogP contribution in [-0.2, 0) is 4.74 Å². The molecule has 21 heavy (non-hydrogen) atoms. The molecule has 1 aromatic rings. The fraction of sp³-hybridized carbons (Fsp3) is 0.647. The normalized spacial score (nSPS) is 14.0. The van der Waals surface area contributed by atoms with Gasteiger partial charge < -0.3 is 19.5 Å². The van der Waals surface area contributed by atoms with Crippen LogP contribution in [0, 0.1) is 5.92 Å². The van der Waals surface area contributed by atoms with Crippen LogP contribution in [0.25, 0.3) is 0 Å². The minimum absolute atomic E-state index is 0.0672. The zero-order valence-corrected chi connectivity index (χ0v) is 14.1. The lowest BCUT2D eigenvalue weighted by Gasteiger charge is -2.31. The first-order chi connectivity index (χ1) is 10.1. The third kappa shape index (κ3) is 4.61. The fourth-order valence-electron chi connectivity index (χ4n) is 2.58. The summed E-state index contributed by atoms with van der Waals surface area (Å²) in [7, 11) is 5.13. The van der Waals surface area contributed by atoms with E-state index in [1.54, 1.807) is 21.3 Å². The highest BCUT2D eigenvalue weighted by Gasteiger charge is 2.28. The molecule has 2 atom stereocenters. The first-order valence-electron chi connectivity index (χ1n) is 7.57. The molecule has 0 aromatic heterocycles. The van der Waals surface area contributed by atoms with Gasteiger partial charge in [-0.1, -0.05) is 20.8 Å². The molecule has 0 aliphatic carbocycles. The van der Waals surface area contributed by atoms with Gasteiger partial charge in [-0.2, -0.15) is 0 Å².